The van der Waals surface area contributed by atoms with Crippen LogP contribution in [0.3, 0.4) is 0 Å². The Morgan fingerprint density at radius 2 is 1.97 bits per heavy atom. The van der Waals surface area contributed by atoms with Gasteiger partial charge >= 0.3 is 0 Å². The molecule has 1 N–H and O–H groups in total. The molecule has 32 heavy (non-hydrogen) atoms. The van der Waals surface area contributed by atoms with Gasteiger partial charge < -0.3 is 10.1 Å². The first kappa shape index (κ1) is 21.0. The van der Waals surface area contributed by atoms with E-state index >= 15 is 0 Å². The zero-order valence-electron chi connectivity index (χ0n) is 17.6. The van der Waals surface area contributed by atoms with Gasteiger partial charge in [-0.1, -0.05) is 42.5 Å². The maximum atomic E-state index is 12.9. The summed E-state index contributed by atoms with van der Waals surface area (Å²) in [6.45, 7) is 3.91. The number of fused-ring (bicyclic) bond motifs is 1. The van der Waals surface area contributed by atoms with Crippen molar-refractivity contribution in [2.45, 2.75) is 20.5 Å². The Hall–Kier alpha value is -4.20. The standard InChI is InChI=1S/C24H21FN4O3/c1-16-8-9-19(17(2)28-32-25)12-21(16)27-24(30)22-14-26-23-13-20(10-11-29(22)23)31-15-18-6-4-3-5-7-18/h3-14H,15H2,1-2H3,(H,27,30)/b28-17+. The third kappa shape index (κ3) is 4.59. The fraction of sp³-hybridized carbons (Fsp3) is 0.125. The van der Waals surface area contributed by atoms with Crippen molar-refractivity contribution >= 4 is 23.0 Å². The molecule has 0 aliphatic heterocycles. The number of nitrogens with zero attached hydrogens (tertiary/aromatic N) is 3. The quantitative estimate of drug-likeness (QED) is 0.326. The molecule has 4 rings (SSSR count). The molecule has 2 aromatic carbocycles. The third-order valence-electron chi connectivity index (χ3n) is 5.04. The first-order chi connectivity index (χ1) is 15.5. The van der Waals surface area contributed by atoms with Crippen LogP contribution in [0, 0.1) is 6.92 Å². The second kappa shape index (κ2) is 9.30. The van der Waals surface area contributed by atoms with Gasteiger partial charge in [0.25, 0.3) is 5.91 Å². The number of imidazole rings is 1. The molecule has 8 heteroatoms. The van der Waals surface area contributed by atoms with Crippen LogP contribution in [0.15, 0.2) is 78.2 Å². The van der Waals surface area contributed by atoms with Crippen LogP contribution in [-0.4, -0.2) is 21.0 Å². The lowest BCUT2D eigenvalue weighted by Gasteiger charge is -2.11. The molecular weight excluding hydrogens is 411 g/mol. The fourth-order valence-corrected chi connectivity index (χ4v) is 3.23. The average molecular weight is 432 g/mol. The van der Waals surface area contributed by atoms with Gasteiger partial charge in [-0.2, -0.15) is 5.04 Å². The number of pyridine rings is 1. The minimum absolute atomic E-state index is 0.327. The number of ether oxygens (including phenoxy) is 1. The number of nitrogens with one attached hydrogen (secondary N) is 1. The highest BCUT2D eigenvalue weighted by Crippen LogP contribution is 2.21. The van der Waals surface area contributed by atoms with Crippen LogP contribution in [0.4, 0.5) is 10.2 Å². The summed E-state index contributed by atoms with van der Waals surface area (Å²) in [6.07, 6.45) is 3.25. The lowest BCUT2D eigenvalue weighted by atomic mass is 10.1. The summed E-state index contributed by atoms with van der Waals surface area (Å²) >= 11 is 0. The Labute approximate surface area is 184 Å². The minimum Gasteiger partial charge on any atom is -0.489 e. The van der Waals surface area contributed by atoms with Crippen LogP contribution in [0.5, 0.6) is 5.75 Å². The van der Waals surface area contributed by atoms with Crippen LogP contribution in [0.25, 0.3) is 5.65 Å². The first-order valence-corrected chi connectivity index (χ1v) is 9.93. The number of halogens is 1. The fourth-order valence-electron chi connectivity index (χ4n) is 3.23. The molecule has 1 amide bonds. The number of benzene rings is 2. The number of aromatic nitrogens is 2. The van der Waals surface area contributed by atoms with Gasteiger partial charge in [0.15, 0.2) is 0 Å². The number of rotatable bonds is 7. The van der Waals surface area contributed by atoms with Gasteiger partial charge in [0.1, 0.15) is 23.7 Å². The number of hydrogen-bond acceptors (Lipinski definition) is 5. The molecule has 0 aliphatic carbocycles. The average Bonchev–Trinajstić information content (AvgIpc) is 3.23. The molecular formula is C24H21FN4O3. The first-order valence-electron chi connectivity index (χ1n) is 9.93. The molecule has 0 aliphatic rings. The predicted octanol–water partition coefficient (Wildman–Crippen LogP) is 5.10. The van der Waals surface area contributed by atoms with E-state index < -0.39 is 0 Å². The largest absolute Gasteiger partial charge is 0.489 e. The highest BCUT2D eigenvalue weighted by atomic mass is 19.3. The van der Waals surface area contributed by atoms with Crippen molar-refractivity contribution in [2.75, 3.05) is 5.32 Å². The topological polar surface area (TPSA) is 77.2 Å². The zero-order chi connectivity index (χ0) is 22.5. The molecule has 0 bridgehead atoms. The Bertz CT molecular complexity index is 1290. The Morgan fingerprint density at radius 3 is 2.75 bits per heavy atom. The normalized spacial score (nSPS) is 11.4. The van der Waals surface area contributed by atoms with E-state index in [1.165, 1.54) is 6.20 Å². The van der Waals surface area contributed by atoms with Crippen molar-refractivity contribution in [3.05, 3.63) is 95.4 Å². The van der Waals surface area contributed by atoms with E-state index in [0.29, 0.717) is 40.7 Å². The lowest BCUT2D eigenvalue weighted by Crippen LogP contribution is -2.15. The van der Waals surface area contributed by atoms with Gasteiger partial charge in [0, 0.05) is 28.0 Å². The van der Waals surface area contributed by atoms with Gasteiger partial charge in [-0.3, -0.25) is 9.20 Å². The molecule has 2 heterocycles. The summed E-state index contributed by atoms with van der Waals surface area (Å²) in [7, 11) is 0. The molecule has 0 saturated heterocycles. The van der Waals surface area contributed by atoms with Gasteiger partial charge in [-0.15, -0.1) is 0 Å². The van der Waals surface area contributed by atoms with Crippen molar-refractivity contribution in [2.24, 2.45) is 5.16 Å². The maximum Gasteiger partial charge on any atom is 0.274 e. The molecule has 2 aromatic heterocycles. The van der Waals surface area contributed by atoms with E-state index in [1.54, 1.807) is 41.8 Å². The van der Waals surface area contributed by atoms with Crippen LogP contribution in [-0.2, 0) is 11.6 Å². The lowest BCUT2D eigenvalue weighted by molar-refractivity contribution is -0.131. The third-order valence-corrected chi connectivity index (χ3v) is 5.04. The molecule has 162 valence electrons. The summed E-state index contributed by atoms with van der Waals surface area (Å²) in [5.74, 6) is 0.333. The van der Waals surface area contributed by atoms with Crippen molar-refractivity contribution in [3.8, 4) is 5.75 Å². The smallest absolute Gasteiger partial charge is 0.274 e. The number of carbonyl (C=O) groups excluding carboxylic acids is 1. The molecule has 0 radical (unpaired) electrons. The van der Waals surface area contributed by atoms with Crippen LogP contribution in [0.2, 0.25) is 0 Å². The predicted molar refractivity (Wildman–Crippen MR) is 120 cm³/mol. The number of hydrogen-bond donors (Lipinski definition) is 1. The van der Waals surface area contributed by atoms with Gasteiger partial charge in [-0.25, -0.2) is 4.98 Å². The zero-order valence-corrected chi connectivity index (χ0v) is 17.6. The number of aryl methyl sites for hydroxylation is 1. The molecule has 0 fully saturated rings. The molecule has 0 spiro atoms. The molecule has 4 aromatic rings. The second-order valence-corrected chi connectivity index (χ2v) is 7.24. The van der Waals surface area contributed by atoms with Crippen molar-refractivity contribution < 1.29 is 19.1 Å². The van der Waals surface area contributed by atoms with E-state index in [4.69, 9.17) is 4.74 Å². The van der Waals surface area contributed by atoms with Gasteiger partial charge in [0.2, 0.25) is 0 Å². The van der Waals surface area contributed by atoms with Crippen molar-refractivity contribution in [1.82, 2.24) is 9.38 Å². The Morgan fingerprint density at radius 1 is 1.16 bits per heavy atom. The summed E-state index contributed by atoms with van der Waals surface area (Å²) in [6, 6.07) is 18.7. The van der Waals surface area contributed by atoms with Gasteiger partial charge in [0.05, 0.1) is 11.9 Å². The van der Waals surface area contributed by atoms with E-state index in [-0.39, 0.29) is 5.91 Å². The van der Waals surface area contributed by atoms with Crippen LogP contribution >= 0.6 is 0 Å². The Balaban J connectivity index is 1.52. The van der Waals surface area contributed by atoms with E-state index in [0.717, 1.165) is 11.1 Å². The summed E-state index contributed by atoms with van der Waals surface area (Å²) in [5.41, 5.74) is 4.43. The summed E-state index contributed by atoms with van der Waals surface area (Å²) in [4.78, 5) is 17.3. The number of oxime groups is 1. The maximum absolute atomic E-state index is 12.9. The monoisotopic (exact) mass is 432 g/mol. The number of anilines is 1. The summed E-state index contributed by atoms with van der Waals surface area (Å²) in [5, 5.41) is 9.52. The minimum atomic E-state index is -0.327. The highest BCUT2D eigenvalue weighted by molar-refractivity contribution is 6.05. The van der Waals surface area contributed by atoms with Gasteiger partial charge in [-0.05, 0) is 42.3 Å². The van der Waals surface area contributed by atoms with Crippen molar-refractivity contribution in [1.29, 1.82) is 0 Å². The van der Waals surface area contributed by atoms with E-state index in [2.05, 4.69) is 20.5 Å². The SMILES string of the molecule is C/C(=N\OF)c1ccc(C)c(NC(=O)c2cnc3cc(OCc4ccccc4)ccn23)c1. The molecule has 0 unspecified atom stereocenters. The molecule has 7 nitrogen and oxygen atoms in total. The number of carbonyl (C=O) groups is 1. The second-order valence-electron chi connectivity index (χ2n) is 7.24. The Kier molecular flexibility index (Phi) is 6.12. The van der Waals surface area contributed by atoms with Crippen LogP contribution < -0.4 is 10.1 Å². The number of amides is 1. The molecule has 0 atom stereocenters. The molecule has 0 saturated carbocycles. The van der Waals surface area contributed by atoms with Crippen molar-refractivity contribution in [3.63, 3.8) is 0 Å². The van der Waals surface area contributed by atoms with E-state index in [1.807, 2.05) is 43.3 Å². The summed E-state index contributed by atoms with van der Waals surface area (Å²) < 4.78 is 19.6. The van der Waals surface area contributed by atoms with E-state index in [9.17, 15) is 9.32 Å². The highest BCUT2D eigenvalue weighted by Gasteiger charge is 2.15. The van der Waals surface area contributed by atoms with Crippen LogP contribution in [0.1, 0.15) is 34.1 Å².